The Bertz CT molecular complexity index is 824. The smallest absolute Gasteiger partial charge is 0.317 e. The highest BCUT2D eigenvalue weighted by atomic mass is 32.1. The summed E-state index contributed by atoms with van der Waals surface area (Å²) in [7, 11) is 3.98. The molecule has 0 saturated carbocycles. The van der Waals surface area contributed by atoms with Crippen LogP contribution in [0.3, 0.4) is 0 Å². The molecule has 0 N–H and O–H groups in total. The Morgan fingerprint density at radius 2 is 2.08 bits per heavy atom. The first kappa shape index (κ1) is 18.4. The first-order valence-electron chi connectivity index (χ1n) is 8.73. The van der Waals surface area contributed by atoms with Gasteiger partial charge in [0, 0.05) is 30.6 Å². The summed E-state index contributed by atoms with van der Waals surface area (Å²) in [4.78, 5) is 28.3. The van der Waals surface area contributed by atoms with Crippen LogP contribution in [0, 0.1) is 5.92 Å². The number of carbonyl (C=O) groups excluding carboxylic acids is 2. The van der Waals surface area contributed by atoms with Crippen molar-refractivity contribution in [3.63, 3.8) is 0 Å². The molecule has 0 bridgehead atoms. The average molecular weight is 369 g/mol. The Balaban J connectivity index is 1.99. The molecule has 5 heteroatoms. The van der Waals surface area contributed by atoms with E-state index < -0.39 is 11.9 Å². The van der Waals surface area contributed by atoms with E-state index in [0.717, 1.165) is 21.7 Å². The van der Waals surface area contributed by atoms with Crippen LogP contribution in [0.2, 0.25) is 0 Å². The quantitative estimate of drug-likeness (QED) is 0.587. The minimum atomic E-state index is -0.755. The van der Waals surface area contributed by atoms with Crippen molar-refractivity contribution < 1.29 is 14.3 Å². The van der Waals surface area contributed by atoms with Gasteiger partial charge in [0.15, 0.2) is 5.78 Å². The van der Waals surface area contributed by atoms with Crippen LogP contribution in [-0.2, 0) is 14.3 Å². The molecule has 2 atom stereocenters. The van der Waals surface area contributed by atoms with Gasteiger partial charge in [0.2, 0.25) is 0 Å². The third kappa shape index (κ3) is 3.73. The number of ether oxygens (including phenoxy) is 1. The number of ketones is 1. The normalized spacial score (nSPS) is 19.8. The van der Waals surface area contributed by atoms with Gasteiger partial charge in [-0.1, -0.05) is 18.2 Å². The van der Waals surface area contributed by atoms with Gasteiger partial charge in [0.1, 0.15) is 5.92 Å². The van der Waals surface area contributed by atoms with Crippen molar-refractivity contribution in [1.29, 1.82) is 0 Å². The second-order valence-corrected chi connectivity index (χ2v) is 7.55. The molecule has 0 radical (unpaired) electrons. The summed E-state index contributed by atoms with van der Waals surface area (Å²) in [5.41, 5.74) is 3.07. The molecule has 4 nitrogen and oxygen atoms in total. The van der Waals surface area contributed by atoms with Crippen molar-refractivity contribution in [3.8, 4) is 0 Å². The average Bonchev–Trinajstić information content (AvgIpc) is 3.15. The molecule has 1 aliphatic carbocycles. The van der Waals surface area contributed by atoms with Crippen LogP contribution in [0.5, 0.6) is 0 Å². The number of nitrogens with zero attached hydrogens (tertiary/aromatic N) is 1. The van der Waals surface area contributed by atoms with Gasteiger partial charge in [-0.25, -0.2) is 0 Å². The number of allylic oxidation sites excluding steroid dienone is 2. The summed E-state index contributed by atoms with van der Waals surface area (Å²) >= 11 is 1.58. The molecule has 1 aliphatic rings. The molecule has 136 valence electrons. The predicted molar refractivity (Wildman–Crippen MR) is 106 cm³/mol. The minimum absolute atomic E-state index is 0.168. The topological polar surface area (TPSA) is 46.6 Å². The number of benzene rings is 1. The van der Waals surface area contributed by atoms with E-state index in [1.165, 1.54) is 0 Å². The van der Waals surface area contributed by atoms with E-state index in [4.69, 9.17) is 4.74 Å². The van der Waals surface area contributed by atoms with Gasteiger partial charge in [-0.3, -0.25) is 9.59 Å². The second-order valence-electron chi connectivity index (χ2n) is 6.57. The van der Waals surface area contributed by atoms with Gasteiger partial charge < -0.3 is 9.64 Å². The van der Waals surface area contributed by atoms with Crippen LogP contribution in [0.4, 0.5) is 5.69 Å². The number of rotatable bonds is 5. The number of hydrogen-bond donors (Lipinski definition) is 0. The Kier molecular flexibility index (Phi) is 5.57. The monoisotopic (exact) mass is 369 g/mol. The van der Waals surface area contributed by atoms with Crippen molar-refractivity contribution in [1.82, 2.24) is 0 Å². The van der Waals surface area contributed by atoms with Crippen LogP contribution >= 0.6 is 11.3 Å². The summed E-state index contributed by atoms with van der Waals surface area (Å²) in [6.45, 7) is 2.04. The number of thiophene rings is 1. The van der Waals surface area contributed by atoms with Gasteiger partial charge in [-0.15, -0.1) is 11.3 Å². The van der Waals surface area contributed by atoms with Crippen LogP contribution < -0.4 is 4.90 Å². The lowest BCUT2D eigenvalue weighted by atomic mass is 9.76. The highest BCUT2D eigenvalue weighted by Crippen LogP contribution is 2.42. The first-order chi connectivity index (χ1) is 12.5. The molecular formula is C21H23NO3S. The van der Waals surface area contributed by atoms with Gasteiger partial charge in [-0.2, -0.15) is 0 Å². The highest BCUT2D eigenvalue weighted by Gasteiger charge is 2.40. The SMILES string of the molecule is CCOC(=O)[C@H]1C(=O)C=C(c2cccc(N(C)C)c2)C[C@@H]1c1cccs1. The Morgan fingerprint density at radius 3 is 2.73 bits per heavy atom. The summed E-state index contributed by atoms with van der Waals surface area (Å²) in [5, 5.41) is 1.98. The summed E-state index contributed by atoms with van der Waals surface area (Å²) in [5.74, 6) is -1.52. The van der Waals surface area contributed by atoms with Crippen molar-refractivity contribution in [3.05, 3.63) is 58.3 Å². The summed E-state index contributed by atoms with van der Waals surface area (Å²) < 4.78 is 5.18. The molecule has 0 saturated heterocycles. The van der Waals surface area contributed by atoms with Crippen LogP contribution in [0.15, 0.2) is 47.9 Å². The number of carbonyl (C=O) groups is 2. The van der Waals surface area contributed by atoms with E-state index in [1.54, 1.807) is 24.3 Å². The van der Waals surface area contributed by atoms with Crippen LogP contribution in [0.1, 0.15) is 29.7 Å². The van der Waals surface area contributed by atoms with Crippen LogP contribution in [0.25, 0.3) is 5.57 Å². The molecule has 1 aromatic heterocycles. The molecule has 0 spiro atoms. The molecule has 3 rings (SSSR count). The van der Waals surface area contributed by atoms with E-state index in [9.17, 15) is 9.59 Å². The molecule has 0 amide bonds. The fraction of sp³-hybridized carbons (Fsp3) is 0.333. The van der Waals surface area contributed by atoms with E-state index in [0.29, 0.717) is 6.42 Å². The molecule has 0 aliphatic heterocycles. The number of hydrogen-bond acceptors (Lipinski definition) is 5. The van der Waals surface area contributed by atoms with E-state index in [2.05, 4.69) is 6.07 Å². The molecule has 26 heavy (non-hydrogen) atoms. The van der Waals surface area contributed by atoms with Crippen molar-refractivity contribution in [2.24, 2.45) is 5.92 Å². The lowest BCUT2D eigenvalue weighted by Gasteiger charge is -2.28. The molecule has 1 aromatic carbocycles. The highest BCUT2D eigenvalue weighted by molar-refractivity contribution is 7.10. The Hall–Kier alpha value is -2.40. The predicted octanol–water partition coefficient (Wildman–Crippen LogP) is 4.13. The maximum Gasteiger partial charge on any atom is 0.317 e. The van der Waals surface area contributed by atoms with E-state index in [-0.39, 0.29) is 18.3 Å². The zero-order valence-electron chi connectivity index (χ0n) is 15.3. The summed E-state index contributed by atoms with van der Waals surface area (Å²) in [6.07, 6.45) is 2.27. The zero-order valence-corrected chi connectivity index (χ0v) is 16.1. The number of esters is 1. The third-order valence-electron chi connectivity index (χ3n) is 4.65. The van der Waals surface area contributed by atoms with Gasteiger partial charge in [0.25, 0.3) is 0 Å². The number of anilines is 1. The third-order valence-corrected chi connectivity index (χ3v) is 5.65. The van der Waals surface area contributed by atoms with Crippen molar-refractivity contribution in [2.75, 3.05) is 25.6 Å². The van der Waals surface area contributed by atoms with Gasteiger partial charge in [0.05, 0.1) is 6.61 Å². The Morgan fingerprint density at radius 1 is 1.27 bits per heavy atom. The van der Waals surface area contributed by atoms with E-state index in [1.807, 2.05) is 54.7 Å². The first-order valence-corrected chi connectivity index (χ1v) is 9.61. The molecule has 0 fully saturated rings. The maximum atomic E-state index is 12.8. The van der Waals surface area contributed by atoms with E-state index >= 15 is 0 Å². The Labute approximate surface area is 158 Å². The fourth-order valence-corrected chi connectivity index (χ4v) is 4.20. The molecule has 1 heterocycles. The lowest BCUT2D eigenvalue weighted by molar-refractivity contribution is -0.151. The fourth-order valence-electron chi connectivity index (χ4n) is 3.34. The molecule has 2 aromatic rings. The van der Waals surface area contributed by atoms with Gasteiger partial charge >= 0.3 is 5.97 Å². The molecular weight excluding hydrogens is 346 g/mol. The van der Waals surface area contributed by atoms with Crippen molar-refractivity contribution >= 4 is 34.3 Å². The zero-order chi connectivity index (χ0) is 18.7. The second kappa shape index (κ2) is 7.87. The van der Waals surface area contributed by atoms with Gasteiger partial charge in [-0.05, 0) is 54.1 Å². The molecule has 0 unspecified atom stereocenters. The van der Waals surface area contributed by atoms with Crippen LogP contribution in [-0.4, -0.2) is 32.5 Å². The largest absolute Gasteiger partial charge is 0.465 e. The standard InChI is InChI=1S/C21H23NO3S/c1-4-25-21(24)20-17(19-9-6-10-26-19)12-15(13-18(20)23)14-7-5-8-16(11-14)22(2)3/h5-11,13,17,20H,4,12H2,1-3H3/t17-,20-/m1/s1. The minimum Gasteiger partial charge on any atom is -0.465 e. The lowest BCUT2D eigenvalue weighted by Crippen LogP contribution is -2.33. The van der Waals surface area contributed by atoms with Crippen molar-refractivity contribution in [2.45, 2.75) is 19.3 Å². The summed E-state index contributed by atoms with van der Waals surface area (Å²) in [6, 6.07) is 12.1. The maximum absolute atomic E-state index is 12.8.